The van der Waals surface area contributed by atoms with Gasteiger partial charge >= 0.3 is 0 Å². The van der Waals surface area contributed by atoms with E-state index in [9.17, 15) is 5.11 Å². The molecule has 0 radical (unpaired) electrons. The monoisotopic (exact) mass is 370 g/mol. The minimum atomic E-state index is 0.0103. The maximum absolute atomic E-state index is 9.69. The van der Waals surface area contributed by atoms with Gasteiger partial charge in [-0.05, 0) is 18.1 Å². The molecule has 0 saturated carbocycles. The van der Waals surface area contributed by atoms with Gasteiger partial charge in [0.25, 0.3) is 0 Å². The molecule has 27 heavy (non-hydrogen) atoms. The third-order valence-corrected chi connectivity index (χ3v) is 4.26. The molecule has 1 unspecified atom stereocenters. The highest BCUT2D eigenvalue weighted by Crippen LogP contribution is 2.15. The Balaban J connectivity index is 1.89. The summed E-state index contributed by atoms with van der Waals surface area (Å²) in [5, 5.41) is 16.3. The lowest BCUT2D eigenvalue weighted by atomic mass is 10.0. The van der Waals surface area contributed by atoms with E-state index in [1.54, 1.807) is 13.2 Å². The highest BCUT2D eigenvalue weighted by atomic mass is 16.5. The summed E-state index contributed by atoms with van der Waals surface area (Å²) in [5.74, 6) is 1.34. The van der Waals surface area contributed by atoms with Crippen molar-refractivity contribution in [2.24, 2.45) is 4.99 Å². The van der Waals surface area contributed by atoms with Crippen LogP contribution in [0.3, 0.4) is 0 Å². The molecule has 0 aliphatic carbocycles. The maximum Gasteiger partial charge on any atom is 0.218 e. The Morgan fingerprint density at radius 3 is 2.70 bits per heavy atom. The van der Waals surface area contributed by atoms with Gasteiger partial charge in [0.15, 0.2) is 5.96 Å². The zero-order chi connectivity index (χ0) is 19.3. The summed E-state index contributed by atoms with van der Waals surface area (Å²) in [6.07, 6.45) is 3.84. The minimum absolute atomic E-state index is 0.0103. The van der Waals surface area contributed by atoms with Gasteiger partial charge in [0.1, 0.15) is 0 Å². The van der Waals surface area contributed by atoms with Crippen molar-refractivity contribution in [2.75, 3.05) is 26.8 Å². The van der Waals surface area contributed by atoms with Gasteiger partial charge in [-0.1, -0.05) is 49.7 Å². The Bertz CT molecular complexity index is 692. The first-order valence-electron chi connectivity index (χ1n) is 9.45. The number of hydrogen-bond donors (Lipinski definition) is 3. The number of nitrogens with one attached hydrogen (secondary N) is 2. The first-order chi connectivity index (χ1) is 13.3. The number of aromatic nitrogens is 1. The van der Waals surface area contributed by atoms with Crippen LogP contribution in [-0.4, -0.2) is 42.9 Å². The number of aliphatic hydroxyl groups is 1. The maximum atomic E-state index is 9.69. The van der Waals surface area contributed by atoms with Gasteiger partial charge in [-0.25, -0.2) is 4.98 Å². The van der Waals surface area contributed by atoms with Crippen molar-refractivity contribution in [1.82, 2.24) is 15.6 Å². The molecule has 1 aromatic heterocycles. The SMILES string of the molecule is CCCCOc1ncccc1CNC(=NC)NCC(CO)c1ccccc1. The van der Waals surface area contributed by atoms with Crippen LogP contribution in [0.1, 0.15) is 36.8 Å². The van der Waals surface area contributed by atoms with E-state index in [1.165, 1.54) is 0 Å². The van der Waals surface area contributed by atoms with Crippen LogP contribution in [0.2, 0.25) is 0 Å². The summed E-state index contributed by atoms with van der Waals surface area (Å²) in [6, 6.07) is 13.9. The molecule has 1 heterocycles. The van der Waals surface area contributed by atoms with Gasteiger partial charge in [-0.15, -0.1) is 0 Å². The van der Waals surface area contributed by atoms with Gasteiger partial charge in [0, 0.05) is 37.8 Å². The number of ether oxygens (including phenoxy) is 1. The molecule has 0 aliphatic rings. The molecule has 0 amide bonds. The normalized spacial score (nSPS) is 12.5. The predicted molar refractivity (Wildman–Crippen MR) is 109 cm³/mol. The van der Waals surface area contributed by atoms with Crippen molar-refractivity contribution in [1.29, 1.82) is 0 Å². The largest absolute Gasteiger partial charge is 0.477 e. The van der Waals surface area contributed by atoms with E-state index in [-0.39, 0.29) is 12.5 Å². The summed E-state index contributed by atoms with van der Waals surface area (Å²) in [5.41, 5.74) is 2.08. The van der Waals surface area contributed by atoms with Crippen LogP contribution in [0, 0.1) is 0 Å². The molecular weight excluding hydrogens is 340 g/mol. The lowest BCUT2D eigenvalue weighted by Crippen LogP contribution is -2.39. The molecular formula is C21H30N4O2. The number of pyridine rings is 1. The zero-order valence-electron chi connectivity index (χ0n) is 16.2. The molecule has 2 aromatic rings. The van der Waals surface area contributed by atoms with Crippen LogP contribution in [0.15, 0.2) is 53.7 Å². The Morgan fingerprint density at radius 2 is 2.00 bits per heavy atom. The second-order valence-electron chi connectivity index (χ2n) is 6.27. The number of guanidine groups is 1. The Hall–Kier alpha value is -2.60. The van der Waals surface area contributed by atoms with Crippen molar-refractivity contribution >= 4 is 5.96 Å². The van der Waals surface area contributed by atoms with Crippen molar-refractivity contribution < 1.29 is 9.84 Å². The quantitative estimate of drug-likeness (QED) is 0.340. The van der Waals surface area contributed by atoms with Crippen LogP contribution in [0.5, 0.6) is 5.88 Å². The predicted octanol–water partition coefficient (Wildman–Crippen LogP) is 2.70. The van der Waals surface area contributed by atoms with Crippen LogP contribution in [0.25, 0.3) is 0 Å². The van der Waals surface area contributed by atoms with E-state index in [0.717, 1.165) is 24.0 Å². The van der Waals surface area contributed by atoms with E-state index >= 15 is 0 Å². The second-order valence-corrected chi connectivity index (χ2v) is 6.27. The van der Waals surface area contributed by atoms with E-state index in [4.69, 9.17) is 4.74 Å². The lowest BCUT2D eigenvalue weighted by Gasteiger charge is -2.18. The van der Waals surface area contributed by atoms with E-state index < -0.39 is 0 Å². The number of aliphatic imine (C=N–C) groups is 1. The summed E-state index contributed by atoms with van der Waals surface area (Å²) < 4.78 is 5.77. The van der Waals surface area contributed by atoms with Gasteiger partial charge in [0.2, 0.25) is 5.88 Å². The molecule has 2 rings (SSSR count). The van der Waals surface area contributed by atoms with E-state index in [1.807, 2.05) is 42.5 Å². The molecule has 146 valence electrons. The molecule has 0 saturated heterocycles. The molecule has 1 aromatic carbocycles. The number of hydrogen-bond acceptors (Lipinski definition) is 4. The number of rotatable bonds is 10. The molecule has 0 spiro atoms. The Labute approximate surface area is 161 Å². The van der Waals surface area contributed by atoms with Crippen molar-refractivity contribution in [2.45, 2.75) is 32.2 Å². The van der Waals surface area contributed by atoms with Crippen LogP contribution in [-0.2, 0) is 6.54 Å². The summed E-state index contributed by atoms with van der Waals surface area (Å²) in [4.78, 5) is 8.59. The average Bonchev–Trinajstić information content (AvgIpc) is 2.72. The summed E-state index contributed by atoms with van der Waals surface area (Å²) >= 11 is 0. The fourth-order valence-electron chi connectivity index (χ4n) is 2.63. The third kappa shape index (κ3) is 6.90. The van der Waals surface area contributed by atoms with Crippen molar-refractivity contribution in [3.05, 3.63) is 59.8 Å². The molecule has 6 heteroatoms. The van der Waals surface area contributed by atoms with E-state index in [2.05, 4.69) is 27.5 Å². The van der Waals surface area contributed by atoms with Crippen LogP contribution >= 0.6 is 0 Å². The minimum Gasteiger partial charge on any atom is -0.477 e. The van der Waals surface area contributed by atoms with Gasteiger partial charge in [-0.3, -0.25) is 4.99 Å². The van der Waals surface area contributed by atoms with Crippen molar-refractivity contribution in [3.8, 4) is 5.88 Å². The van der Waals surface area contributed by atoms with Gasteiger partial charge < -0.3 is 20.5 Å². The molecule has 0 fully saturated rings. The van der Waals surface area contributed by atoms with Crippen LogP contribution < -0.4 is 15.4 Å². The first kappa shape index (κ1) is 20.7. The third-order valence-electron chi connectivity index (χ3n) is 4.26. The number of nitrogens with zero attached hydrogens (tertiary/aromatic N) is 2. The molecule has 1 atom stereocenters. The summed E-state index contributed by atoms with van der Waals surface area (Å²) in [7, 11) is 1.73. The Kier molecular flexibility index (Phi) is 9.13. The Morgan fingerprint density at radius 1 is 1.19 bits per heavy atom. The number of unbranched alkanes of at least 4 members (excludes halogenated alkanes) is 1. The standard InChI is InChI=1S/C21H30N4O2/c1-3-4-13-27-20-18(11-8-12-23-20)14-24-21(22-2)25-15-19(16-26)17-9-6-5-7-10-17/h5-12,19,26H,3-4,13-16H2,1-2H3,(H2,22,24,25). The topological polar surface area (TPSA) is 78.8 Å². The molecule has 6 nitrogen and oxygen atoms in total. The molecule has 0 bridgehead atoms. The zero-order valence-corrected chi connectivity index (χ0v) is 16.2. The molecule has 3 N–H and O–H groups in total. The first-order valence-corrected chi connectivity index (χ1v) is 9.45. The summed E-state index contributed by atoms with van der Waals surface area (Å²) in [6.45, 7) is 4.03. The fraction of sp³-hybridized carbons (Fsp3) is 0.429. The fourth-order valence-corrected chi connectivity index (χ4v) is 2.63. The lowest BCUT2D eigenvalue weighted by molar-refractivity contribution is 0.265. The smallest absolute Gasteiger partial charge is 0.218 e. The second kappa shape index (κ2) is 11.9. The number of aliphatic hydroxyl groups excluding tert-OH is 1. The van der Waals surface area contributed by atoms with E-state index in [0.29, 0.717) is 31.5 Å². The van der Waals surface area contributed by atoms with Crippen LogP contribution in [0.4, 0.5) is 0 Å². The highest BCUT2D eigenvalue weighted by Gasteiger charge is 2.11. The average molecular weight is 370 g/mol. The number of benzene rings is 1. The highest BCUT2D eigenvalue weighted by molar-refractivity contribution is 5.79. The van der Waals surface area contributed by atoms with Gasteiger partial charge in [0.05, 0.1) is 13.2 Å². The van der Waals surface area contributed by atoms with Crippen molar-refractivity contribution in [3.63, 3.8) is 0 Å². The molecule has 0 aliphatic heterocycles. The van der Waals surface area contributed by atoms with Gasteiger partial charge in [-0.2, -0.15) is 0 Å².